The first kappa shape index (κ1) is 12.3. The second-order valence-corrected chi connectivity index (χ2v) is 3.54. The highest BCUT2D eigenvalue weighted by molar-refractivity contribution is 5.79. The lowest BCUT2D eigenvalue weighted by molar-refractivity contribution is 0.831. The summed E-state index contributed by atoms with van der Waals surface area (Å²) in [6, 6.07) is 3.98. The Labute approximate surface area is 96.6 Å². The number of anilines is 1. The number of nitrogens with zero attached hydrogens (tertiary/aromatic N) is 3. The van der Waals surface area contributed by atoms with Crippen LogP contribution in [0.25, 0.3) is 0 Å². The molecule has 0 bridgehead atoms. The van der Waals surface area contributed by atoms with E-state index in [2.05, 4.69) is 20.6 Å². The molecule has 0 unspecified atom stereocenters. The number of aliphatic imine (C=N–C) groups is 1. The molecule has 1 aromatic rings. The minimum atomic E-state index is 0.655. The van der Waals surface area contributed by atoms with Crippen molar-refractivity contribution in [3.8, 4) is 0 Å². The van der Waals surface area contributed by atoms with Gasteiger partial charge in [-0.25, -0.2) is 0 Å². The Bertz CT molecular complexity index is 359. The van der Waals surface area contributed by atoms with Crippen molar-refractivity contribution >= 4 is 11.6 Å². The predicted octanol–water partition coefficient (Wildman–Crippen LogP) is 0.442. The molecule has 0 aliphatic carbocycles. The molecule has 5 nitrogen and oxygen atoms in total. The fourth-order valence-electron chi connectivity index (χ4n) is 1.42. The Hall–Kier alpha value is -1.78. The third-order valence-electron chi connectivity index (χ3n) is 2.23. The molecule has 16 heavy (non-hydrogen) atoms. The van der Waals surface area contributed by atoms with Crippen molar-refractivity contribution in [3.63, 3.8) is 0 Å². The number of guanidine groups is 1. The molecule has 0 fully saturated rings. The normalized spacial score (nSPS) is 11.1. The molecule has 1 rings (SSSR count). The van der Waals surface area contributed by atoms with E-state index in [1.807, 2.05) is 38.2 Å². The number of pyridine rings is 1. The van der Waals surface area contributed by atoms with Gasteiger partial charge in [0.2, 0.25) is 0 Å². The van der Waals surface area contributed by atoms with E-state index in [1.165, 1.54) is 0 Å². The zero-order valence-electron chi connectivity index (χ0n) is 10.3. The van der Waals surface area contributed by atoms with Gasteiger partial charge in [-0.05, 0) is 12.1 Å². The van der Waals surface area contributed by atoms with Crippen LogP contribution in [0.4, 0.5) is 5.69 Å². The summed E-state index contributed by atoms with van der Waals surface area (Å²) in [5, 5.41) is 6.15. The van der Waals surface area contributed by atoms with Gasteiger partial charge in [-0.1, -0.05) is 0 Å². The van der Waals surface area contributed by atoms with Crippen molar-refractivity contribution in [1.82, 2.24) is 15.6 Å². The molecule has 0 aliphatic rings. The van der Waals surface area contributed by atoms with Crippen LogP contribution in [0, 0.1) is 0 Å². The van der Waals surface area contributed by atoms with E-state index in [0.29, 0.717) is 6.54 Å². The van der Waals surface area contributed by atoms with Gasteiger partial charge in [-0.15, -0.1) is 0 Å². The van der Waals surface area contributed by atoms with Gasteiger partial charge in [-0.2, -0.15) is 0 Å². The third kappa shape index (κ3) is 3.12. The lowest BCUT2D eigenvalue weighted by atomic mass is 10.3. The van der Waals surface area contributed by atoms with Crippen molar-refractivity contribution in [1.29, 1.82) is 0 Å². The number of hydrogen-bond acceptors (Lipinski definition) is 3. The molecule has 5 heteroatoms. The van der Waals surface area contributed by atoms with E-state index in [-0.39, 0.29) is 0 Å². The molecule has 0 spiro atoms. The van der Waals surface area contributed by atoms with Crippen molar-refractivity contribution in [2.24, 2.45) is 4.99 Å². The molecular weight excluding hydrogens is 202 g/mol. The van der Waals surface area contributed by atoms with Crippen LogP contribution in [-0.4, -0.2) is 39.1 Å². The first-order valence-electron chi connectivity index (χ1n) is 5.18. The van der Waals surface area contributed by atoms with Crippen LogP contribution in [0.15, 0.2) is 23.3 Å². The average molecular weight is 221 g/mol. The fourth-order valence-corrected chi connectivity index (χ4v) is 1.42. The summed E-state index contributed by atoms with van der Waals surface area (Å²) >= 11 is 0. The van der Waals surface area contributed by atoms with Crippen LogP contribution >= 0.6 is 0 Å². The van der Waals surface area contributed by atoms with E-state index in [1.54, 1.807) is 13.2 Å². The first-order chi connectivity index (χ1) is 7.69. The Morgan fingerprint density at radius 2 is 2.25 bits per heavy atom. The maximum atomic E-state index is 4.35. The lowest BCUT2D eigenvalue weighted by Gasteiger charge is -2.17. The van der Waals surface area contributed by atoms with Crippen molar-refractivity contribution < 1.29 is 0 Å². The summed E-state index contributed by atoms with van der Waals surface area (Å²) in [5.41, 5.74) is 2.12. The quantitative estimate of drug-likeness (QED) is 0.574. The second kappa shape index (κ2) is 5.95. The molecule has 1 heterocycles. The maximum absolute atomic E-state index is 4.35. The van der Waals surface area contributed by atoms with Crippen LogP contribution in [0.3, 0.4) is 0 Å². The average Bonchev–Trinajstić information content (AvgIpc) is 2.30. The Morgan fingerprint density at radius 1 is 1.50 bits per heavy atom. The van der Waals surface area contributed by atoms with Gasteiger partial charge in [0.05, 0.1) is 17.9 Å². The zero-order chi connectivity index (χ0) is 12.0. The Balaban J connectivity index is 2.73. The van der Waals surface area contributed by atoms with Gasteiger partial charge < -0.3 is 15.5 Å². The Morgan fingerprint density at radius 3 is 2.81 bits per heavy atom. The SMILES string of the molecule is CN=C(NC)NCc1ncccc1N(C)C. The molecular formula is C11H19N5. The number of rotatable bonds is 3. The van der Waals surface area contributed by atoms with E-state index in [0.717, 1.165) is 17.3 Å². The monoisotopic (exact) mass is 221 g/mol. The highest BCUT2D eigenvalue weighted by atomic mass is 15.2. The fraction of sp³-hybridized carbons (Fsp3) is 0.455. The van der Waals surface area contributed by atoms with Gasteiger partial charge in [0.25, 0.3) is 0 Å². The van der Waals surface area contributed by atoms with Crippen molar-refractivity contribution in [3.05, 3.63) is 24.0 Å². The van der Waals surface area contributed by atoms with E-state index >= 15 is 0 Å². The number of hydrogen-bond donors (Lipinski definition) is 2. The lowest BCUT2D eigenvalue weighted by Crippen LogP contribution is -2.34. The highest BCUT2D eigenvalue weighted by Gasteiger charge is 2.05. The molecule has 0 atom stereocenters. The molecule has 0 saturated heterocycles. The Kier molecular flexibility index (Phi) is 4.57. The standard InChI is InChI=1S/C11H19N5/c1-12-11(13-2)15-8-9-10(16(3)4)6-5-7-14-9/h5-7H,8H2,1-4H3,(H2,12,13,15). The summed E-state index contributed by atoms with van der Waals surface area (Å²) in [6.07, 6.45) is 1.80. The van der Waals surface area contributed by atoms with E-state index in [4.69, 9.17) is 0 Å². The van der Waals surface area contributed by atoms with Crippen LogP contribution in [0.5, 0.6) is 0 Å². The topological polar surface area (TPSA) is 52.6 Å². The maximum Gasteiger partial charge on any atom is 0.191 e. The predicted molar refractivity (Wildman–Crippen MR) is 67.8 cm³/mol. The van der Waals surface area contributed by atoms with Gasteiger partial charge >= 0.3 is 0 Å². The van der Waals surface area contributed by atoms with Crippen LogP contribution in [-0.2, 0) is 6.54 Å². The summed E-state index contributed by atoms with van der Waals surface area (Å²) in [5.74, 6) is 0.760. The summed E-state index contributed by atoms with van der Waals surface area (Å²) in [6.45, 7) is 0.655. The largest absolute Gasteiger partial charge is 0.376 e. The number of aromatic nitrogens is 1. The van der Waals surface area contributed by atoms with Crippen molar-refractivity contribution in [2.45, 2.75) is 6.54 Å². The van der Waals surface area contributed by atoms with Crippen LogP contribution in [0.2, 0.25) is 0 Å². The zero-order valence-corrected chi connectivity index (χ0v) is 10.3. The summed E-state index contributed by atoms with van der Waals surface area (Å²) in [7, 11) is 7.59. The van der Waals surface area contributed by atoms with Gasteiger partial charge in [0.15, 0.2) is 5.96 Å². The van der Waals surface area contributed by atoms with E-state index in [9.17, 15) is 0 Å². The van der Waals surface area contributed by atoms with E-state index < -0.39 is 0 Å². The molecule has 88 valence electrons. The second-order valence-electron chi connectivity index (χ2n) is 3.54. The van der Waals surface area contributed by atoms with Crippen LogP contribution in [0.1, 0.15) is 5.69 Å². The first-order valence-corrected chi connectivity index (χ1v) is 5.18. The summed E-state index contributed by atoms with van der Waals surface area (Å²) < 4.78 is 0. The molecule has 0 radical (unpaired) electrons. The van der Waals surface area contributed by atoms with Crippen molar-refractivity contribution in [2.75, 3.05) is 33.1 Å². The molecule has 1 aromatic heterocycles. The van der Waals surface area contributed by atoms with Gasteiger partial charge in [0.1, 0.15) is 0 Å². The van der Waals surface area contributed by atoms with Gasteiger partial charge in [0, 0.05) is 34.4 Å². The molecule has 0 aromatic carbocycles. The molecule has 0 aliphatic heterocycles. The third-order valence-corrected chi connectivity index (χ3v) is 2.23. The molecule has 2 N–H and O–H groups in total. The molecule has 0 saturated carbocycles. The van der Waals surface area contributed by atoms with Gasteiger partial charge in [-0.3, -0.25) is 9.98 Å². The molecule has 0 amide bonds. The minimum absolute atomic E-state index is 0.655. The smallest absolute Gasteiger partial charge is 0.191 e. The summed E-state index contributed by atoms with van der Waals surface area (Å²) in [4.78, 5) is 10.5. The number of nitrogens with one attached hydrogen (secondary N) is 2. The highest BCUT2D eigenvalue weighted by Crippen LogP contribution is 2.14. The van der Waals surface area contributed by atoms with Crippen LogP contribution < -0.4 is 15.5 Å². The minimum Gasteiger partial charge on any atom is -0.376 e.